The van der Waals surface area contributed by atoms with Gasteiger partial charge < -0.3 is 30.1 Å². The van der Waals surface area contributed by atoms with Crippen LogP contribution in [0.4, 0.5) is 5.69 Å². The van der Waals surface area contributed by atoms with Gasteiger partial charge in [-0.15, -0.1) is 5.92 Å². The Labute approximate surface area is 377 Å². The summed E-state index contributed by atoms with van der Waals surface area (Å²) in [6.45, 7) is 14.8. The number of hydrogen-bond donors (Lipinski definition) is 4. The zero-order chi connectivity index (χ0) is 44.9. The molecule has 0 heterocycles. The summed E-state index contributed by atoms with van der Waals surface area (Å²) in [7, 11) is 2.14. The van der Waals surface area contributed by atoms with Crippen LogP contribution in [0.2, 0.25) is 0 Å². The third-order valence-electron chi connectivity index (χ3n) is 20.9. The molecular weight excluding hydrogens is 787 g/mol. The number of aliphatic hydroxyl groups excluding tert-OH is 2. The molecule has 0 aliphatic heterocycles. The van der Waals surface area contributed by atoms with E-state index < -0.39 is 17.7 Å². The van der Waals surface area contributed by atoms with Crippen LogP contribution in [0.5, 0.6) is 0 Å². The molecule has 8 aliphatic rings. The zero-order valence-corrected chi connectivity index (χ0v) is 39.4. The van der Waals surface area contributed by atoms with Crippen molar-refractivity contribution in [2.24, 2.45) is 63.1 Å². The van der Waals surface area contributed by atoms with Gasteiger partial charge in [0, 0.05) is 49.9 Å². The van der Waals surface area contributed by atoms with Crippen molar-refractivity contribution in [3.8, 4) is 11.8 Å². The Morgan fingerprint density at radius 2 is 1.75 bits per heavy atom. The van der Waals surface area contributed by atoms with Crippen molar-refractivity contribution < 1.29 is 34.8 Å². The summed E-state index contributed by atoms with van der Waals surface area (Å²) in [4.78, 5) is 26.3. The lowest BCUT2D eigenvalue weighted by molar-refractivity contribution is -0.209. The van der Waals surface area contributed by atoms with Crippen molar-refractivity contribution in [3.05, 3.63) is 52.6 Å². The molecule has 0 saturated heterocycles. The number of hydrogen-bond acceptors (Lipinski definition) is 7. The first-order valence-electron chi connectivity index (χ1n) is 25.0. The number of aliphatic hydroxyl groups is 3. The molecule has 0 radical (unpaired) electrons. The molecule has 8 aliphatic carbocycles. The molecule has 7 fully saturated rings. The van der Waals surface area contributed by atoms with Gasteiger partial charge in [-0.2, -0.15) is 0 Å². The number of aliphatic carboxylic acids is 1. The van der Waals surface area contributed by atoms with E-state index in [0.717, 1.165) is 82.9 Å². The van der Waals surface area contributed by atoms with E-state index in [2.05, 4.69) is 88.7 Å². The van der Waals surface area contributed by atoms with E-state index in [4.69, 9.17) is 4.74 Å². The lowest BCUT2D eigenvalue weighted by Crippen LogP contribution is -2.62. The maximum atomic E-state index is 12.6. The molecule has 344 valence electrons. The first-order chi connectivity index (χ1) is 29.9. The van der Waals surface area contributed by atoms with E-state index in [1.807, 2.05) is 6.92 Å². The molecule has 16 atom stereocenters. The Bertz CT molecular complexity index is 2080. The minimum Gasteiger partial charge on any atom is -0.481 e. The molecule has 1 aromatic rings. The van der Waals surface area contributed by atoms with Crippen LogP contribution < -0.4 is 4.90 Å². The molecule has 0 unspecified atom stereocenters. The number of carbonyl (C=O) groups is 2. The molecule has 0 amide bonds. The van der Waals surface area contributed by atoms with Crippen LogP contribution in [0.1, 0.15) is 156 Å². The van der Waals surface area contributed by atoms with Gasteiger partial charge in [0.25, 0.3) is 0 Å². The van der Waals surface area contributed by atoms with E-state index in [0.29, 0.717) is 49.9 Å². The second-order valence-corrected chi connectivity index (χ2v) is 23.2. The van der Waals surface area contributed by atoms with E-state index in [9.17, 15) is 30.0 Å². The number of carbonyl (C=O) groups excluding carboxylic acids is 1. The Balaban J connectivity index is 0.848. The smallest absolute Gasteiger partial charge is 0.303 e. The summed E-state index contributed by atoms with van der Waals surface area (Å²) in [6, 6.07) is 9.11. The quantitative estimate of drug-likeness (QED) is 0.171. The number of benzene rings is 1. The Morgan fingerprint density at radius 1 is 0.984 bits per heavy atom. The molecule has 63 heavy (non-hydrogen) atoms. The van der Waals surface area contributed by atoms with Crippen LogP contribution in [0, 0.1) is 74.9 Å². The molecule has 0 spiro atoms. The van der Waals surface area contributed by atoms with Crippen LogP contribution in [-0.2, 0) is 14.3 Å². The van der Waals surface area contributed by atoms with Crippen molar-refractivity contribution in [1.82, 2.24) is 0 Å². The molecule has 7 saturated carbocycles. The van der Waals surface area contributed by atoms with Gasteiger partial charge in [-0.05, 0) is 177 Å². The van der Waals surface area contributed by atoms with Gasteiger partial charge in [-0.3, -0.25) is 9.59 Å². The molecule has 8 nitrogen and oxygen atoms in total. The largest absolute Gasteiger partial charge is 0.481 e. The number of carboxylic acid groups (broad SMARTS) is 1. The van der Waals surface area contributed by atoms with Gasteiger partial charge >= 0.3 is 5.97 Å². The lowest BCUT2D eigenvalue weighted by atomic mass is 9.43. The number of ether oxygens (including phenoxy) is 1. The van der Waals surface area contributed by atoms with Gasteiger partial charge in [-0.1, -0.05) is 64.3 Å². The van der Waals surface area contributed by atoms with Gasteiger partial charge in [0.2, 0.25) is 0 Å². The number of nitrogens with zero attached hydrogens (tertiary/aromatic N) is 1. The van der Waals surface area contributed by atoms with Gasteiger partial charge in [0.05, 0.1) is 24.9 Å². The summed E-state index contributed by atoms with van der Waals surface area (Å²) in [5.41, 5.74) is 4.92. The number of allylic oxidation sites excluding steroid dienone is 4. The number of ketones is 1. The topological polar surface area (TPSA) is 128 Å². The predicted molar refractivity (Wildman–Crippen MR) is 247 cm³/mol. The van der Waals surface area contributed by atoms with Crippen LogP contribution in [-0.4, -0.2) is 76.3 Å². The number of rotatable bonds is 10. The Kier molecular flexibility index (Phi) is 11.8. The highest BCUT2D eigenvalue weighted by atomic mass is 16.5. The van der Waals surface area contributed by atoms with Gasteiger partial charge in [0.15, 0.2) is 0 Å². The first-order valence-corrected chi connectivity index (χ1v) is 25.0. The number of Topliss-reactive ketones (excluding diaryl/α,β-unsaturated/α-hetero) is 1. The van der Waals surface area contributed by atoms with E-state index >= 15 is 0 Å². The third-order valence-corrected chi connectivity index (χ3v) is 20.9. The number of anilines is 1. The van der Waals surface area contributed by atoms with E-state index in [-0.39, 0.29) is 75.8 Å². The van der Waals surface area contributed by atoms with Gasteiger partial charge in [0.1, 0.15) is 11.4 Å². The zero-order valence-electron chi connectivity index (χ0n) is 39.4. The first kappa shape index (κ1) is 45.2. The fourth-order valence-corrected chi connectivity index (χ4v) is 16.9. The van der Waals surface area contributed by atoms with Crippen molar-refractivity contribution >= 4 is 17.4 Å². The maximum absolute atomic E-state index is 12.6. The standard InChI is InChI=1S/C55H77NO7/c1-8-22-55(62)25-24-52(4)43-17-12-35-28-38(57)15-16-40(35)49(43)41(32-53(52,55)5)34-10-13-37(14-11-34)56(7)26-27-63-39-21-23-51(3)36(29-39)30-46(58)50-44-19-18-42(33(2)9-20-48(60)61)54(44,6)47(59)31-45(50)51/h10-14,33,36,39,41-47,50,58-59,62H,9,15-21,23-32H2,1-7H3,(H,60,61)/t33-,36+,39+,41-,42-,43-,44+,45+,46-,47+,50+,51+,52+,53+,54-,55+/m1/s1. The third kappa shape index (κ3) is 7.05. The molecule has 8 heteroatoms. The van der Waals surface area contributed by atoms with E-state index in [1.165, 1.54) is 22.3 Å². The number of carboxylic acids is 1. The minimum atomic E-state index is -1.03. The Hall–Kier alpha value is -2.96. The van der Waals surface area contributed by atoms with Crippen LogP contribution >= 0.6 is 0 Å². The summed E-state index contributed by atoms with van der Waals surface area (Å²) in [5.74, 6) is 8.07. The van der Waals surface area contributed by atoms with Crippen molar-refractivity contribution in [2.75, 3.05) is 25.1 Å². The normalized spacial score (nSPS) is 44.4. The monoisotopic (exact) mass is 864 g/mol. The summed E-state index contributed by atoms with van der Waals surface area (Å²) < 4.78 is 6.68. The fourth-order valence-electron chi connectivity index (χ4n) is 16.9. The lowest BCUT2D eigenvalue weighted by Gasteiger charge is -2.63. The van der Waals surface area contributed by atoms with E-state index in [1.54, 1.807) is 0 Å². The highest BCUT2D eigenvalue weighted by Crippen LogP contribution is 2.73. The number of likely N-dealkylation sites (N-methyl/N-ethyl adjacent to an activating group) is 1. The molecule has 1 aromatic carbocycles. The fraction of sp³-hybridized carbons (Fsp3) is 0.745. The van der Waals surface area contributed by atoms with Crippen LogP contribution in [0.3, 0.4) is 0 Å². The van der Waals surface area contributed by atoms with Crippen molar-refractivity contribution in [2.45, 2.75) is 174 Å². The second kappa shape index (κ2) is 16.4. The Morgan fingerprint density at radius 3 is 2.48 bits per heavy atom. The highest BCUT2D eigenvalue weighted by Gasteiger charge is 2.69. The van der Waals surface area contributed by atoms with Crippen molar-refractivity contribution in [1.29, 1.82) is 0 Å². The van der Waals surface area contributed by atoms with Crippen LogP contribution in [0.25, 0.3) is 0 Å². The van der Waals surface area contributed by atoms with Gasteiger partial charge in [-0.25, -0.2) is 0 Å². The summed E-state index contributed by atoms with van der Waals surface area (Å²) >= 11 is 0. The maximum Gasteiger partial charge on any atom is 0.303 e. The molecule has 4 N–H and O–H groups in total. The molecule has 9 rings (SSSR count). The minimum absolute atomic E-state index is 0.0620. The van der Waals surface area contributed by atoms with Crippen molar-refractivity contribution in [3.63, 3.8) is 0 Å². The summed E-state index contributed by atoms with van der Waals surface area (Å²) in [6.07, 6.45) is 14.4. The average Bonchev–Trinajstić information content (AvgIpc) is 3.71. The SMILES string of the molecule is CC#C[C@]1(O)CC[C@@]2(C)[C@@H]3CC=C4CC(=O)CCC4=C3[C@@H](c3ccc(N(C)CCO[C@H]4CC[C@@]5(C)[C@@H](C4)C[C@@H](O)[C@@H]4[C@@H]5C[C@H](O)[C@]5(C)[C@@H]([C@H](C)CCC(=O)O)CC[C@@H]45)cc3)C[C@@]21C. The summed E-state index contributed by atoms with van der Waals surface area (Å²) in [5, 5.41) is 45.6. The molecular formula is C55H77NO7. The average molecular weight is 864 g/mol. The molecule has 0 aromatic heterocycles. The molecule has 0 bridgehead atoms. The predicted octanol–water partition coefficient (Wildman–Crippen LogP) is 9.65. The number of fused-ring (bicyclic) bond motifs is 9. The van der Waals surface area contributed by atoms with Crippen LogP contribution in [0.15, 0.2) is 47.1 Å². The highest BCUT2D eigenvalue weighted by molar-refractivity contribution is 5.85. The second-order valence-electron chi connectivity index (χ2n) is 23.2.